The lowest BCUT2D eigenvalue weighted by molar-refractivity contribution is -0.139. The SMILES string of the molecule is Cc1c(-c2ccc(F)cc2)c(CC[C@@H](O)C[C@@H](O)CC(=O)O)c(C(C)C)n1S(C)(=O)=O. The fourth-order valence-electron chi connectivity index (χ4n) is 4.04. The van der Waals surface area contributed by atoms with Gasteiger partial charge in [0.2, 0.25) is 10.0 Å². The molecule has 2 atom stereocenters. The summed E-state index contributed by atoms with van der Waals surface area (Å²) >= 11 is 0. The van der Waals surface area contributed by atoms with Crippen molar-refractivity contribution in [1.82, 2.24) is 3.97 Å². The number of rotatable bonds is 10. The molecule has 1 aromatic carbocycles. The smallest absolute Gasteiger partial charge is 0.305 e. The van der Waals surface area contributed by atoms with Crippen LogP contribution in [0, 0.1) is 12.7 Å². The first-order valence-corrected chi connectivity index (χ1v) is 12.0. The fourth-order valence-corrected chi connectivity index (χ4v) is 5.31. The van der Waals surface area contributed by atoms with Crippen molar-refractivity contribution in [3.05, 3.63) is 47.0 Å². The maximum Gasteiger partial charge on any atom is 0.305 e. The first-order valence-electron chi connectivity index (χ1n) is 10.1. The van der Waals surface area contributed by atoms with Crippen LogP contribution >= 0.6 is 0 Å². The Balaban J connectivity index is 2.51. The predicted molar refractivity (Wildman–Crippen MR) is 116 cm³/mol. The highest BCUT2D eigenvalue weighted by Gasteiger charge is 2.28. The molecule has 0 aliphatic carbocycles. The third kappa shape index (κ3) is 6.15. The van der Waals surface area contributed by atoms with Crippen LogP contribution < -0.4 is 0 Å². The van der Waals surface area contributed by atoms with E-state index in [4.69, 9.17) is 5.11 Å². The van der Waals surface area contributed by atoms with Gasteiger partial charge in [-0.3, -0.25) is 4.79 Å². The van der Waals surface area contributed by atoms with Gasteiger partial charge in [-0.05, 0) is 55.4 Å². The van der Waals surface area contributed by atoms with E-state index in [1.807, 2.05) is 13.8 Å². The molecule has 9 heteroatoms. The number of aliphatic carboxylic acids is 1. The van der Waals surface area contributed by atoms with Crippen molar-refractivity contribution in [2.45, 2.75) is 64.6 Å². The number of carboxylic acids is 1. The zero-order valence-electron chi connectivity index (χ0n) is 18.2. The summed E-state index contributed by atoms with van der Waals surface area (Å²) in [5, 5.41) is 28.9. The molecule has 0 bridgehead atoms. The third-order valence-corrected chi connectivity index (χ3v) is 6.32. The molecule has 0 fully saturated rings. The average molecular weight is 456 g/mol. The van der Waals surface area contributed by atoms with Crippen molar-refractivity contribution >= 4 is 16.0 Å². The van der Waals surface area contributed by atoms with Crippen molar-refractivity contribution in [1.29, 1.82) is 0 Å². The second-order valence-electron chi connectivity index (χ2n) is 8.19. The Hall–Kier alpha value is -2.23. The minimum absolute atomic E-state index is 0.0963. The van der Waals surface area contributed by atoms with Gasteiger partial charge in [-0.2, -0.15) is 0 Å². The van der Waals surface area contributed by atoms with E-state index in [9.17, 15) is 27.8 Å². The van der Waals surface area contributed by atoms with Crippen LogP contribution in [-0.2, 0) is 21.2 Å². The molecule has 1 heterocycles. The van der Waals surface area contributed by atoms with E-state index in [0.29, 0.717) is 28.9 Å². The van der Waals surface area contributed by atoms with Crippen LogP contribution in [0.4, 0.5) is 4.39 Å². The fraction of sp³-hybridized carbons (Fsp3) is 0.500. The highest BCUT2D eigenvalue weighted by atomic mass is 32.2. The largest absolute Gasteiger partial charge is 0.481 e. The molecule has 0 unspecified atom stereocenters. The molecule has 7 nitrogen and oxygen atoms in total. The molecule has 0 aliphatic rings. The summed E-state index contributed by atoms with van der Waals surface area (Å²) in [6.45, 7) is 5.45. The monoisotopic (exact) mass is 455 g/mol. The second-order valence-corrected chi connectivity index (χ2v) is 10.0. The van der Waals surface area contributed by atoms with Gasteiger partial charge in [0.15, 0.2) is 0 Å². The number of hydrogen-bond acceptors (Lipinski definition) is 5. The molecular weight excluding hydrogens is 425 g/mol. The van der Waals surface area contributed by atoms with E-state index >= 15 is 0 Å². The lowest BCUT2D eigenvalue weighted by Crippen LogP contribution is -2.21. The molecule has 3 N–H and O–H groups in total. The lowest BCUT2D eigenvalue weighted by atomic mass is 9.92. The summed E-state index contributed by atoms with van der Waals surface area (Å²) < 4.78 is 39.9. The summed E-state index contributed by atoms with van der Waals surface area (Å²) in [7, 11) is -3.62. The summed E-state index contributed by atoms with van der Waals surface area (Å²) in [6.07, 6.45) is -1.04. The molecule has 2 aromatic rings. The predicted octanol–water partition coefficient (Wildman–Crippen LogP) is 3.05. The third-order valence-electron chi connectivity index (χ3n) is 5.19. The Bertz CT molecular complexity index is 1030. The van der Waals surface area contributed by atoms with Crippen LogP contribution in [0.25, 0.3) is 11.1 Å². The Morgan fingerprint density at radius 3 is 2.19 bits per heavy atom. The number of carbonyl (C=O) groups is 1. The van der Waals surface area contributed by atoms with Gasteiger partial charge in [0.05, 0.1) is 24.9 Å². The van der Waals surface area contributed by atoms with Crippen molar-refractivity contribution in [2.75, 3.05) is 6.26 Å². The molecule has 0 saturated heterocycles. The van der Waals surface area contributed by atoms with Gasteiger partial charge in [-0.1, -0.05) is 26.0 Å². The molecule has 0 radical (unpaired) electrons. The van der Waals surface area contributed by atoms with Crippen molar-refractivity contribution in [3.8, 4) is 11.1 Å². The maximum atomic E-state index is 13.5. The molecule has 0 spiro atoms. The standard InChI is InChI=1S/C22H30FNO6S/c1-13(2)22-19(10-9-17(25)11-18(26)12-20(27)28)21(14(3)24(22)31(4,29)30)15-5-7-16(23)8-6-15/h5-8,13,17-18,25-26H,9-12H2,1-4H3,(H,27,28)/t17-,18-/m1/s1. The van der Waals surface area contributed by atoms with E-state index in [2.05, 4.69) is 0 Å². The molecule has 0 saturated carbocycles. The number of aliphatic hydroxyl groups is 2. The minimum atomic E-state index is -3.62. The zero-order chi connectivity index (χ0) is 23.5. The highest BCUT2D eigenvalue weighted by Crippen LogP contribution is 2.38. The van der Waals surface area contributed by atoms with Gasteiger partial charge >= 0.3 is 5.97 Å². The van der Waals surface area contributed by atoms with Crippen molar-refractivity contribution < 1.29 is 32.9 Å². The Kier molecular flexibility index (Phi) is 8.02. The molecule has 2 rings (SSSR count). The van der Waals surface area contributed by atoms with Crippen molar-refractivity contribution in [2.24, 2.45) is 0 Å². The van der Waals surface area contributed by atoms with Crippen LogP contribution in [0.5, 0.6) is 0 Å². The van der Waals surface area contributed by atoms with Gasteiger partial charge in [-0.15, -0.1) is 0 Å². The first-order chi connectivity index (χ1) is 14.3. The summed E-state index contributed by atoms with van der Waals surface area (Å²) in [4.78, 5) is 10.7. The molecule has 0 aliphatic heterocycles. The van der Waals surface area contributed by atoms with Crippen LogP contribution in [0.3, 0.4) is 0 Å². The lowest BCUT2D eigenvalue weighted by Gasteiger charge is -2.17. The van der Waals surface area contributed by atoms with Gasteiger partial charge in [-0.25, -0.2) is 16.8 Å². The molecule has 31 heavy (non-hydrogen) atoms. The number of nitrogens with zero attached hydrogens (tertiary/aromatic N) is 1. The quantitative estimate of drug-likeness (QED) is 0.507. The Morgan fingerprint density at radius 1 is 1.13 bits per heavy atom. The Labute approximate surface area is 182 Å². The number of benzene rings is 1. The summed E-state index contributed by atoms with van der Waals surface area (Å²) in [5.74, 6) is -1.70. The van der Waals surface area contributed by atoms with Crippen molar-refractivity contribution in [3.63, 3.8) is 0 Å². The van der Waals surface area contributed by atoms with Gasteiger partial charge in [0.25, 0.3) is 0 Å². The molecular formula is C22H30FNO6S. The second kappa shape index (κ2) is 9.93. The van der Waals surface area contributed by atoms with Gasteiger partial charge in [0.1, 0.15) is 5.82 Å². The highest BCUT2D eigenvalue weighted by molar-refractivity contribution is 7.89. The maximum absolute atomic E-state index is 13.5. The van der Waals surface area contributed by atoms with E-state index in [1.54, 1.807) is 19.1 Å². The first kappa shape index (κ1) is 25.0. The Morgan fingerprint density at radius 2 is 1.71 bits per heavy atom. The topological polar surface area (TPSA) is 117 Å². The average Bonchev–Trinajstić information content (AvgIpc) is 2.92. The number of halogens is 1. The van der Waals surface area contributed by atoms with Crippen LogP contribution in [0.1, 0.15) is 56.0 Å². The number of aliphatic hydroxyl groups excluding tert-OH is 2. The van der Waals surface area contributed by atoms with Crippen LogP contribution in [-0.4, -0.2) is 52.1 Å². The van der Waals surface area contributed by atoms with Crippen LogP contribution in [0.15, 0.2) is 24.3 Å². The van der Waals surface area contributed by atoms with E-state index < -0.39 is 40.4 Å². The number of aromatic nitrogens is 1. The number of hydrogen-bond donors (Lipinski definition) is 3. The van der Waals surface area contributed by atoms with Gasteiger partial charge < -0.3 is 15.3 Å². The molecule has 0 amide bonds. The minimum Gasteiger partial charge on any atom is -0.481 e. The van der Waals surface area contributed by atoms with E-state index in [1.165, 1.54) is 16.1 Å². The summed E-state index contributed by atoms with van der Waals surface area (Å²) in [6, 6.07) is 5.79. The van der Waals surface area contributed by atoms with Gasteiger partial charge in [0, 0.05) is 17.0 Å². The van der Waals surface area contributed by atoms with E-state index in [0.717, 1.165) is 11.8 Å². The summed E-state index contributed by atoms with van der Waals surface area (Å²) in [5.41, 5.74) is 3.17. The number of carboxylic acid groups (broad SMARTS) is 1. The molecule has 1 aromatic heterocycles. The van der Waals surface area contributed by atoms with E-state index in [-0.39, 0.29) is 18.8 Å². The molecule has 172 valence electrons. The normalized spacial score (nSPS) is 14.1. The zero-order valence-corrected chi connectivity index (χ0v) is 19.0. The van der Waals surface area contributed by atoms with Crippen LogP contribution in [0.2, 0.25) is 0 Å².